The SMILES string of the molecule is CCNC(=NCc1ccccc1CN(C)Cc1ccco1)NCC(=O)N(C)C.I. The van der Waals surface area contributed by atoms with Crippen LogP contribution in [0.4, 0.5) is 0 Å². The van der Waals surface area contributed by atoms with Crippen molar-refractivity contribution in [3.05, 3.63) is 59.5 Å². The van der Waals surface area contributed by atoms with Crippen molar-refractivity contribution in [2.45, 2.75) is 26.6 Å². The number of rotatable bonds is 9. The summed E-state index contributed by atoms with van der Waals surface area (Å²) in [4.78, 5) is 20.2. The first kappa shape index (κ1) is 25.0. The van der Waals surface area contributed by atoms with E-state index in [9.17, 15) is 4.79 Å². The molecule has 0 atom stereocenters. The smallest absolute Gasteiger partial charge is 0.241 e. The van der Waals surface area contributed by atoms with Gasteiger partial charge in [0.1, 0.15) is 5.76 Å². The van der Waals surface area contributed by atoms with Gasteiger partial charge in [0.25, 0.3) is 0 Å². The molecule has 0 saturated heterocycles. The molecule has 2 N–H and O–H groups in total. The first-order valence-corrected chi connectivity index (χ1v) is 9.49. The van der Waals surface area contributed by atoms with Crippen molar-refractivity contribution in [1.82, 2.24) is 20.4 Å². The van der Waals surface area contributed by atoms with Crippen LogP contribution in [0.5, 0.6) is 0 Å². The fraction of sp³-hybridized carbons (Fsp3) is 0.429. The second-order valence-electron chi connectivity index (χ2n) is 6.86. The molecule has 0 radical (unpaired) electrons. The first-order valence-electron chi connectivity index (χ1n) is 9.49. The van der Waals surface area contributed by atoms with Crippen molar-refractivity contribution in [2.24, 2.45) is 4.99 Å². The number of nitrogens with one attached hydrogen (secondary N) is 2. The van der Waals surface area contributed by atoms with Crippen LogP contribution in [0.1, 0.15) is 23.8 Å². The average Bonchev–Trinajstić information content (AvgIpc) is 3.17. The summed E-state index contributed by atoms with van der Waals surface area (Å²) in [6, 6.07) is 12.2. The Morgan fingerprint density at radius 1 is 1.03 bits per heavy atom. The van der Waals surface area contributed by atoms with Crippen LogP contribution in [0, 0.1) is 0 Å². The van der Waals surface area contributed by atoms with Crippen molar-refractivity contribution in [1.29, 1.82) is 0 Å². The number of likely N-dealkylation sites (N-methyl/N-ethyl adjacent to an activating group) is 1. The maximum Gasteiger partial charge on any atom is 0.241 e. The Morgan fingerprint density at radius 2 is 1.76 bits per heavy atom. The molecule has 1 aromatic heterocycles. The van der Waals surface area contributed by atoms with Gasteiger partial charge in [-0.1, -0.05) is 24.3 Å². The van der Waals surface area contributed by atoms with Crippen molar-refractivity contribution >= 4 is 35.8 Å². The van der Waals surface area contributed by atoms with E-state index in [0.717, 1.165) is 31.0 Å². The van der Waals surface area contributed by atoms with Gasteiger partial charge in [-0.15, -0.1) is 24.0 Å². The number of guanidine groups is 1. The Kier molecular flexibility index (Phi) is 11.4. The highest BCUT2D eigenvalue weighted by Crippen LogP contribution is 2.14. The van der Waals surface area contributed by atoms with E-state index in [1.54, 1.807) is 25.3 Å². The monoisotopic (exact) mass is 513 g/mol. The molecule has 0 spiro atoms. The Balaban J connectivity index is 0.00000420. The quantitative estimate of drug-likeness (QED) is 0.307. The van der Waals surface area contributed by atoms with Crippen molar-refractivity contribution in [3.8, 4) is 0 Å². The predicted molar refractivity (Wildman–Crippen MR) is 127 cm³/mol. The fourth-order valence-electron chi connectivity index (χ4n) is 2.70. The standard InChI is InChI=1S/C21H31N5O2.HI/c1-5-22-21(24-14-20(27)25(2)3)23-13-17-9-6-7-10-18(17)15-26(4)16-19-11-8-12-28-19;/h6-12H,5,13-16H2,1-4H3,(H2,22,23,24);1H. The molecule has 29 heavy (non-hydrogen) atoms. The van der Waals surface area contributed by atoms with Gasteiger partial charge >= 0.3 is 0 Å². The number of carbonyl (C=O) groups is 1. The van der Waals surface area contributed by atoms with Gasteiger partial charge in [0, 0.05) is 27.2 Å². The lowest BCUT2D eigenvalue weighted by molar-refractivity contribution is -0.127. The number of amides is 1. The molecule has 0 aliphatic carbocycles. The molecular weight excluding hydrogens is 481 g/mol. The number of aliphatic imine (C=N–C) groups is 1. The van der Waals surface area contributed by atoms with Crippen LogP contribution in [0.25, 0.3) is 0 Å². The second kappa shape index (κ2) is 13.2. The molecule has 160 valence electrons. The van der Waals surface area contributed by atoms with E-state index >= 15 is 0 Å². The average molecular weight is 513 g/mol. The summed E-state index contributed by atoms with van der Waals surface area (Å²) in [5.74, 6) is 1.59. The Morgan fingerprint density at radius 3 is 2.38 bits per heavy atom. The Bertz CT molecular complexity index is 762. The lowest BCUT2D eigenvalue weighted by Gasteiger charge is -2.18. The van der Waals surface area contributed by atoms with E-state index in [2.05, 4.69) is 39.7 Å². The van der Waals surface area contributed by atoms with E-state index in [0.29, 0.717) is 12.5 Å². The highest BCUT2D eigenvalue weighted by Gasteiger charge is 2.09. The van der Waals surface area contributed by atoms with Crippen LogP contribution >= 0.6 is 24.0 Å². The Labute approximate surface area is 190 Å². The molecule has 0 unspecified atom stereocenters. The Hall–Kier alpha value is -2.07. The van der Waals surface area contributed by atoms with Crippen LogP contribution in [0.3, 0.4) is 0 Å². The maximum absolute atomic E-state index is 11.8. The zero-order chi connectivity index (χ0) is 20.4. The lowest BCUT2D eigenvalue weighted by atomic mass is 10.1. The molecule has 1 aromatic carbocycles. The minimum absolute atomic E-state index is 0. The van der Waals surface area contributed by atoms with Gasteiger partial charge in [-0.05, 0) is 37.2 Å². The third-order valence-corrected chi connectivity index (χ3v) is 4.22. The summed E-state index contributed by atoms with van der Waals surface area (Å²) in [5.41, 5.74) is 2.38. The van der Waals surface area contributed by atoms with Gasteiger partial charge in [-0.3, -0.25) is 9.69 Å². The van der Waals surface area contributed by atoms with Crippen LogP contribution < -0.4 is 10.6 Å². The highest BCUT2D eigenvalue weighted by atomic mass is 127. The van der Waals surface area contributed by atoms with E-state index in [4.69, 9.17) is 4.42 Å². The summed E-state index contributed by atoms with van der Waals surface area (Å²) in [5, 5.41) is 6.27. The topological polar surface area (TPSA) is 73.1 Å². The van der Waals surface area contributed by atoms with Crippen LogP contribution in [0.15, 0.2) is 52.1 Å². The molecule has 0 bridgehead atoms. The zero-order valence-electron chi connectivity index (χ0n) is 17.6. The maximum atomic E-state index is 11.8. The molecule has 0 aliphatic rings. The number of benzene rings is 1. The van der Waals surface area contributed by atoms with Crippen molar-refractivity contribution in [2.75, 3.05) is 34.2 Å². The molecule has 2 aromatic rings. The molecule has 1 heterocycles. The van der Waals surface area contributed by atoms with Crippen LogP contribution in [-0.4, -0.2) is 55.9 Å². The van der Waals surface area contributed by atoms with Gasteiger partial charge in [0.2, 0.25) is 5.91 Å². The van der Waals surface area contributed by atoms with E-state index in [1.165, 1.54) is 5.56 Å². The number of hydrogen-bond acceptors (Lipinski definition) is 4. The molecule has 0 saturated carbocycles. The number of furan rings is 1. The summed E-state index contributed by atoms with van der Waals surface area (Å²) < 4.78 is 5.43. The molecule has 0 fully saturated rings. The molecular formula is C21H32IN5O2. The number of halogens is 1. The number of carbonyl (C=O) groups excluding carboxylic acids is 1. The summed E-state index contributed by atoms with van der Waals surface area (Å²) in [7, 11) is 5.55. The molecule has 0 aliphatic heterocycles. The molecule has 1 amide bonds. The third-order valence-electron chi connectivity index (χ3n) is 4.22. The van der Waals surface area contributed by atoms with Crippen LogP contribution in [-0.2, 0) is 24.4 Å². The summed E-state index contributed by atoms with van der Waals surface area (Å²) in [6.45, 7) is 5.04. The van der Waals surface area contributed by atoms with E-state index in [-0.39, 0.29) is 36.4 Å². The largest absolute Gasteiger partial charge is 0.468 e. The van der Waals surface area contributed by atoms with Crippen LogP contribution in [0.2, 0.25) is 0 Å². The van der Waals surface area contributed by atoms with E-state index < -0.39 is 0 Å². The van der Waals surface area contributed by atoms with Crippen molar-refractivity contribution < 1.29 is 9.21 Å². The zero-order valence-corrected chi connectivity index (χ0v) is 20.0. The first-order chi connectivity index (χ1) is 13.5. The van der Waals surface area contributed by atoms with Crippen molar-refractivity contribution in [3.63, 3.8) is 0 Å². The van der Waals surface area contributed by atoms with E-state index in [1.807, 2.05) is 31.2 Å². The third kappa shape index (κ3) is 8.86. The number of hydrogen-bond donors (Lipinski definition) is 2. The molecule has 8 heteroatoms. The van der Waals surface area contributed by atoms with Gasteiger partial charge in [-0.25, -0.2) is 4.99 Å². The predicted octanol–water partition coefficient (Wildman–Crippen LogP) is 2.67. The second-order valence-corrected chi connectivity index (χ2v) is 6.86. The fourth-order valence-corrected chi connectivity index (χ4v) is 2.70. The van der Waals surface area contributed by atoms with Gasteiger partial charge in [0.15, 0.2) is 5.96 Å². The van der Waals surface area contributed by atoms with Gasteiger partial charge < -0.3 is 20.0 Å². The van der Waals surface area contributed by atoms with Gasteiger partial charge in [-0.2, -0.15) is 0 Å². The summed E-state index contributed by atoms with van der Waals surface area (Å²) >= 11 is 0. The molecule has 2 rings (SSSR count). The minimum Gasteiger partial charge on any atom is -0.468 e. The van der Waals surface area contributed by atoms with Gasteiger partial charge in [0.05, 0.1) is 25.9 Å². The number of nitrogens with zero attached hydrogens (tertiary/aromatic N) is 3. The molecule has 7 nitrogen and oxygen atoms in total. The summed E-state index contributed by atoms with van der Waals surface area (Å²) in [6.07, 6.45) is 1.70. The normalized spacial score (nSPS) is 11.1. The lowest BCUT2D eigenvalue weighted by Crippen LogP contribution is -2.42. The minimum atomic E-state index is 0. The highest BCUT2D eigenvalue weighted by molar-refractivity contribution is 14.0.